The quantitative estimate of drug-likeness (QED) is 0.468. The van der Waals surface area contributed by atoms with Gasteiger partial charge in [0.25, 0.3) is 0 Å². The Balaban J connectivity index is 1.38. The summed E-state index contributed by atoms with van der Waals surface area (Å²) in [5, 5.41) is 3.88. The highest BCUT2D eigenvalue weighted by Gasteiger charge is 2.11. The number of hydrogen-bond donors (Lipinski definition) is 2. The van der Waals surface area contributed by atoms with E-state index in [1.807, 2.05) is 30.3 Å². The molecule has 0 bridgehead atoms. The van der Waals surface area contributed by atoms with E-state index >= 15 is 0 Å². The Morgan fingerprint density at radius 1 is 1.00 bits per heavy atom. The van der Waals surface area contributed by atoms with Gasteiger partial charge in [-0.25, -0.2) is 4.39 Å². The second-order valence-electron chi connectivity index (χ2n) is 5.69. The molecule has 0 unspecified atom stereocenters. The molecule has 0 spiro atoms. The number of halogens is 1. The van der Waals surface area contributed by atoms with E-state index in [0.29, 0.717) is 16.6 Å². The zero-order chi connectivity index (χ0) is 19.8. The normalized spacial score (nSPS) is 10.5. The Morgan fingerprint density at radius 2 is 1.71 bits per heavy atom. The van der Waals surface area contributed by atoms with Crippen LogP contribution < -0.4 is 10.9 Å². The number of benzene rings is 2. The third-order valence-corrected chi connectivity index (χ3v) is 4.65. The maximum atomic E-state index is 13.5. The summed E-state index contributed by atoms with van der Waals surface area (Å²) in [5.74, 6) is -0.469. The zero-order valence-corrected chi connectivity index (χ0v) is 15.5. The van der Waals surface area contributed by atoms with Crippen molar-refractivity contribution in [3.05, 3.63) is 66.3 Å². The summed E-state index contributed by atoms with van der Waals surface area (Å²) in [5.41, 5.74) is 5.42. The van der Waals surface area contributed by atoms with Crippen LogP contribution in [0.1, 0.15) is 12.3 Å². The second-order valence-corrected chi connectivity index (χ2v) is 6.71. The monoisotopic (exact) mass is 400 g/mol. The fraction of sp³-hybridized carbons (Fsp3) is 0.158. The van der Waals surface area contributed by atoms with Crippen LogP contribution in [0, 0.1) is 5.82 Å². The summed E-state index contributed by atoms with van der Waals surface area (Å²) in [4.78, 5) is 28.2. The van der Waals surface area contributed by atoms with Crippen LogP contribution in [0.2, 0.25) is 0 Å². The summed E-state index contributed by atoms with van der Waals surface area (Å²) in [6.07, 6.45) is 0.308. The second kappa shape index (κ2) is 9.65. The number of carbonyl (C=O) groups excluding carboxylic acids is 2. The molecule has 144 valence electrons. The predicted molar refractivity (Wildman–Crippen MR) is 101 cm³/mol. The molecular formula is C19H17FN4O3S. The van der Waals surface area contributed by atoms with Gasteiger partial charge in [-0.05, 0) is 12.1 Å². The molecule has 2 aromatic carbocycles. The van der Waals surface area contributed by atoms with Gasteiger partial charge >= 0.3 is 0 Å². The summed E-state index contributed by atoms with van der Waals surface area (Å²) in [6, 6.07) is 15.5. The zero-order valence-electron chi connectivity index (χ0n) is 14.7. The van der Waals surface area contributed by atoms with E-state index in [1.54, 1.807) is 18.2 Å². The number of amides is 2. The molecule has 0 atom stereocenters. The minimum absolute atomic E-state index is 0.0225. The van der Waals surface area contributed by atoms with E-state index in [2.05, 4.69) is 21.0 Å². The number of hydrogen-bond acceptors (Lipinski definition) is 6. The molecule has 3 aromatic rings. The van der Waals surface area contributed by atoms with E-state index in [0.717, 1.165) is 17.3 Å². The van der Waals surface area contributed by atoms with Crippen LogP contribution in [0.25, 0.3) is 11.4 Å². The fourth-order valence-electron chi connectivity index (χ4n) is 2.22. The van der Waals surface area contributed by atoms with Crippen LogP contribution in [0.4, 0.5) is 4.39 Å². The Morgan fingerprint density at radius 3 is 2.50 bits per heavy atom. The van der Waals surface area contributed by atoms with Gasteiger partial charge in [0, 0.05) is 23.3 Å². The molecule has 0 saturated heterocycles. The number of carbonyl (C=O) groups is 2. The molecule has 2 N–H and O–H groups in total. The van der Waals surface area contributed by atoms with Crippen molar-refractivity contribution in [2.45, 2.75) is 17.7 Å². The summed E-state index contributed by atoms with van der Waals surface area (Å²) < 4.78 is 18.6. The number of aryl methyl sites for hydroxylation is 1. The maximum absolute atomic E-state index is 13.5. The van der Waals surface area contributed by atoms with Crippen molar-refractivity contribution in [3.8, 4) is 11.4 Å². The lowest BCUT2D eigenvalue weighted by Crippen LogP contribution is -2.42. The number of hydrazine groups is 1. The average molecular weight is 400 g/mol. The largest absolute Gasteiger partial charge is 0.339 e. The summed E-state index contributed by atoms with van der Waals surface area (Å²) in [6.45, 7) is 0. The number of aromatic nitrogens is 2. The van der Waals surface area contributed by atoms with Gasteiger partial charge in [0.15, 0.2) is 0 Å². The lowest BCUT2D eigenvalue weighted by Gasteiger charge is -2.07. The number of nitrogens with zero attached hydrogens (tertiary/aromatic N) is 2. The van der Waals surface area contributed by atoms with Gasteiger partial charge in [0.2, 0.25) is 23.5 Å². The molecule has 0 aliphatic rings. The van der Waals surface area contributed by atoms with Crippen LogP contribution in [-0.4, -0.2) is 27.7 Å². The van der Waals surface area contributed by atoms with Gasteiger partial charge in [-0.2, -0.15) is 4.98 Å². The molecule has 1 aromatic heterocycles. The topological polar surface area (TPSA) is 97.1 Å². The first-order valence-corrected chi connectivity index (χ1v) is 9.43. The van der Waals surface area contributed by atoms with Crippen molar-refractivity contribution in [2.24, 2.45) is 0 Å². The Bertz CT molecular complexity index is 949. The van der Waals surface area contributed by atoms with Crippen molar-refractivity contribution in [3.63, 3.8) is 0 Å². The van der Waals surface area contributed by atoms with Gasteiger partial charge in [0.05, 0.1) is 5.75 Å². The predicted octanol–water partition coefficient (Wildman–Crippen LogP) is 2.75. The van der Waals surface area contributed by atoms with E-state index < -0.39 is 17.6 Å². The first-order valence-electron chi connectivity index (χ1n) is 8.45. The van der Waals surface area contributed by atoms with E-state index in [4.69, 9.17) is 4.52 Å². The van der Waals surface area contributed by atoms with Crippen LogP contribution in [0.5, 0.6) is 0 Å². The van der Waals surface area contributed by atoms with Crippen LogP contribution in [0.15, 0.2) is 64.0 Å². The Labute approximate surface area is 164 Å². The average Bonchev–Trinajstić information content (AvgIpc) is 3.20. The molecule has 0 aliphatic carbocycles. The number of thioether (sulfide) groups is 1. The van der Waals surface area contributed by atoms with Gasteiger partial charge in [-0.15, -0.1) is 11.8 Å². The molecular weight excluding hydrogens is 383 g/mol. The standard InChI is InChI=1S/C19H17FN4O3S/c20-14-8-4-5-9-15(14)28-12-17(26)23-22-16(25)10-11-18-21-19(24-27-18)13-6-2-1-3-7-13/h1-9H,10-12H2,(H,22,25)(H,23,26). The van der Waals surface area contributed by atoms with Crippen molar-refractivity contribution < 1.29 is 18.5 Å². The number of nitrogens with one attached hydrogen (secondary N) is 2. The van der Waals surface area contributed by atoms with E-state index in [1.165, 1.54) is 6.07 Å². The van der Waals surface area contributed by atoms with Crippen molar-refractivity contribution >= 4 is 23.6 Å². The Hall–Kier alpha value is -3.20. The van der Waals surface area contributed by atoms with E-state index in [-0.39, 0.29) is 18.6 Å². The summed E-state index contributed by atoms with van der Waals surface area (Å²) >= 11 is 1.05. The molecule has 0 radical (unpaired) electrons. The molecule has 3 rings (SSSR count). The number of rotatable bonds is 7. The smallest absolute Gasteiger partial charge is 0.248 e. The van der Waals surface area contributed by atoms with Crippen molar-refractivity contribution in [1.29, 1.82) is 0 Å². The molecule has 0 aliphatic heterocycles. The third kappa shape index (κ3) is 5.65. The molecule has 2 amide bonds. The van der Waals surface area contributed by atoms with Crippen LogP contribution in [0.3, 0.4) is 0 Å². The molecule has 9 heteroatoms. The molecule has 1 heterocycles. The van der Waals surface area contributed by atoms with Gasteiger partial charge in [0.1, 0.15) is 5.82 Å². The molecule has 0 fully saturated rings. The summed E-state index contributed by atoms with van der Waals surface area (Å²) in [7, 11) is 0. The van der Waals surface area contributed by atoms with Gasteiger partial charge < -0.3 is 4.52 Å². The lowest BCUT2D eigenvalue weighted by atomic mass is 10.2. The van der Waals surface area contributed by atoms with Crippen molar-refractivity contribution in [1.82, 2.24) is 21.0 Å². The first-order chi connectivity index (χ1) is 13.6. The SMILES string of the molecule is O=C(CCc1nc(-c2ccccc2)no1)NNC(=O)CSc1ccccc1F. The minimum atomic E-state index is -0.439. The highest BCUT2D eigenvalue weighted by Crippen LogP contribution is 2.20. The maximum Gasteiger partial charge on any atom is 0.248 e. The first kappa shape index (κ1) is 19.6. The molecule has 7 nitrogen and oxygen atoms in total. The fourth-order valence-corrected chi connectivity index (χ4v) is 2.96. The highest BCUT2D eigenvalue weighted by molar-refractivity contribution is 8.00. The van der Waals surface area contributed by atoms with Crippen LogP contribution in [-0.2, 0) is 16.0 Å². The molecule has 28 heavy (non-hydrogen) atoms. The third-order valence-electron chi connectivity index (χ3n) is 3.60. The minimum Gasteiger partial charge on any atom is -0.339 e. The van der Waals surface area contributed by atoms with Crippen LogP contribution >= 0.6 is 11.8 Å². The highest BCUT2D eigenvalue weighted by atomic mass is 32.2. The lowest BCUT2D eigenvalue weighted by molar-refractivity contribution is -0.127. The Kier molecular flexibility index (Phi) is 6.74. The van der Waals surface area contributed by atoms with E-state index in [9.17, 15) is 14.0 Å². The molecule has 0 saturated carbocycles. The van der Waals surface area contributed by atoms with Gasteiger partial charge in [-0.1, -0.05) is 47.6 Å². The van der Waals surface area contributed by atoms with Crippen molar-refractivity contribution in [2.75, 3.05) is 5.75 Å². The van der Waals surface area contributed by atoms with Gasteiger partial charge in [-0.3, -0.25) is 20.4 Å².